The lowest BCUT2D eigenvalue weighted by molar-refractivity contribution is -0.324. The van der Waals surface area contributed by atoms with Crippen LogP contribution in [0.4, 0.5) is 0 Å². The Kier molecular flexibility index (Phi) is 10.0. The van der Waals surface area contributed by atoms with E-state index in [1.807, 2.05) is 30.3 Å². The van der Waals surface area contributed by atoms with Crippen LogP contribution >= 0.6 is 0 Å². The maximum atomic E-state index is 11.6. The van der Waals surface area contributed by atoms with Crippen molar-refractivity contribution in [2.75, 3.05) is 28.4 Å². The van der Waals surface area contributed by atoms with Crippen LogP contribution in [0.15, 0.2) is 55.6 Å². The molecule has 7 nitrogen and oxygen atoms in total. The van der Waals surface area contributed by atoms with Crippen molar-refractivity contribution in [3.8, 4) is 0 Å². The molecule has 0 saturated carbocycles. The van der Waals surface area contributed by atoms with Gasteiger partial charge in [0.1, 0.15) is 30.0 Å². The number of ether oxygens (including phenoxy) is 5. The standard InChI is InChI=1S/C25H38O7/c1-7-24(26,15-14-18-12-10-9-11-13-18)16-17-25(27,8-2)22-20(29-4)19(28-3)21(30-5)23(31-6)32-22/h7-13,19-23,26-27H,1-2,14-17H2,3-6H3/t19-,20-,21+,22-,23-,24?,25?/m0/s1. The summed E-state index contributed by atoms with van der Waals surface area (Å²) in [7, 11) is 6.11. The molecule has 0 spiro atoms. The summed E-state index contributed by atoms with van der Waals surface area (Å²) in [6, 6.07) is 9.93. The summed E-state index contributed by atoms with van der Waals surface area (Å²) in [4.78, 5) is 0. The van der Waals surface area contributed by atoms with Crippen molar-refractivity contribution < 1.29 is 33.9 Å². The molecule has 1 aromatic carbocycles. The van der Waals surface area contributed by atoms with Gasteiger partial charge in [-0.1, -0.05) is 42.5 Å². The van der Waals surface area contributed by atoms with Crippen molar-refractivity contribution in [3.05, 3.63) is 61.2 Å². The van der Waals surface area contributed by atoms with E-state index < -0.39 is 41.9 Å². The molecule has 2 rings (SSSR count). The molecule has 1 heterocycles. The molecule has 180 valence electrons. The topological polar surface area (TPSA) is 86.6 Å². The summed E-state index contributed by atoms with van der Waals surface area (Å²) in [6.45, 7) is 7.65. The lowest BCUT2D eigenvalue weighted by atomic mass is 9.79. The molecule has 7 atom stereocenters. The number of methoxy groups -OCH3 is 4. The number of aryl methyl sites for hydroxylation is 1. The molecule has 0 amide bonds. The first-order chi connectivity index (χ1) is 15.3. The van der Waals surface area contributed by atoms with Crippen LogP contribution in [0.2, 0.25) is 0 Å². The Morgan fingerprint density at radius 3 is 1.97 bits per heavy atom. The third-order valence-corrected chi connectivity index (χ3v) is 6.42. The van der Waals surface area contributed by atoms with E-state index in [4.69, 9.17) is 23.7 Å². The van der Waals surface area contributed by atoms with E-state index in [1.165, 1.54) is 33.5 Å². The van der Waals surface area contributed by atoms with Crippen LogP contribution in [0.3, 0.4) is 0 Å². The third kappa shape index (κ3) is 6.05. The maximum Gasteiger partial charge on any atom is 0.186 e. The van der Waals surface area contributed by atoms with E-state index in [0.717, 1.165) is 5.56 Å². The number of hydrogen-bond acceptors (Lipinski definition) is 7. The van der Waals surface area contributed by atoms with E-state index in [1.54, 1.807) is 7.11 Å². The molecule has 0 aliphatic carbocycles. The average Bonchev–Trinajstić information content (AvgIpc) is 2.85. The summed E-state index contributed by atoms with van der Waals surface area (Å²) >= 11 is 0. The summed E-state index contributed by atoms with van der Waals surface area (Å²) < 4.78 is 28.3. The highest BCUT2D eigenvalue weighted by atomic mass is 16.7. The SMILES string of the molecule is C=CC(O)(CCc1ccccc1)CCC(O)(C=C)[C@H]1O[C@H](OC)[C@H](OC)[C@@H](OC)[C@@H]1OC. The fourth-order valence-electron chi connectivity index (χ4n) is 4.29. The highest BCUT2D eigenvalue weighted by Gasteiger charge is 2.54. The average molecular weight is 451 g/mol. The Morgan fingerprint density at radius 1 is 0.844 bits per heavy atom. The van der Waals surface area contributed by atoms with Crippen LogP contribution in [-0.2, 0) is 30.1 Å². The molecule has 2 N–H and O–H groups in total. The molecule has 1 saturated heterocycles. The maximum absolute atomic E-state index is 11.6. The molecule has 1 aliphatic heterocycles. The smallest absolute Gasteiger partial charge is 0.186 e. The summed E-state index contributed by atoms with van der Waals surface area (Å²) in [5, 5.41) is 22.7. The lowest BCUT2D eigenvalue weighted by Crippen LogP contribution is -2.65. The van der Waals surface area contributed by atoms with Gasteiger partial charge in [-0.15, -0.1) is 13.2 Å². The second-order valence-corrected chi connectivity index (χ2v) is 8.25. The zero-order valence-electron chi connectivity index (χ0n) is 19.6. The first kappa shape index (κ1) is 26.7. The van der Waals surface area contributed by atoms with E-state index in [0.29, 0.717) is 12.8 Å². The van der Waals surface area contributed by atoms with Crippen LogP contribution < -0.4 is 0 Å². The molecule has 7 heteroatoms. The predicted molar refractivity (Wildman–Crippen MR) is 122 cm³/mol. The van der Waals surface area contributed by atoms with Crippen molar-refractivity contribution in [3.63, 3.8) is 0 Å². The number of benzene rings is 1. The minimum atomic E-state index is -1.52. The molecule has 32 heavy (non-hydrogen) atoms. The van der Waals surface area contributed by atoms with E-state index >= 15 is 0 Å². The zero-order valence-corrected chi connectivity index (χ0v) is 19.6. The molecule has 0 radical (unpaired) electrons. The van der Waals surface area contributed by atoms with Gasteiger partial charge in [0.25, 0.3) is 0 Å². The first-order valence-corrected chi connectivity index (χ1v) is 10.8. The molecule has 0 bridgehead atoms. The van der Waals surface area contributed by atoms with Gasteiger partial charge in [-0.3, -0.25) is 0 Å². The molecule has 1 fully saturated rings. The summed E-state index contributed by atoms with van der Waals surface area (Å²) in [5.74, 6) is 0. The molecule has 0 aromatic heterocycles. The fraction of sp³-hybridized carbons (Fsp3) is 0.600. The second kappa shape index (κ2) is 12.0. The highest BCUT2D eigenvalue weighted by molar-refractivity contribution is 5.16. The van der Waals surface area contributed by atoms with Crippen LogP contribution in [0.5, 0.6) is 0 Å². The predicted octanol–water partition coefficient (Wildman–Crippen LogP) is 2.65. The zero-order chi connectivity index (χ0) is 23.8. The Morgan fingerprint density at radius 2 is 1.47 bits per heavy atom. The van der Waals surface area contributed by atoms with Gasteiger partial charge in [0.15, 0.2) is 6.29 Å². The van der Waals surface area contributed by atoms with Crippen LogP contribution in [0, 0.1) is 0 Å². The minimum absolute atomic E-state index is 0.169. The molecule has 2 unspecified atom stereocenters. The monoisotopic (exact) mass is 450 g/mol. The fourth-order valence-corrected chi connectivity index (χ4v) is 4.29. The van der Waals surface area contributed by atoms with Gasteiger partial charge in [0.2, 0.25) is 0 Å². The van der Waals surface area contributed by atoms with E-state index in [9.17, 15) is 10.2 Å². The van der Waals surface area contributed by atoms with Gasteiger partial charge in [-0.05, 0) is 31.2 Å². The minimum Gasteiger partial charge on any atom is -0.386 e. The molecular weight excluding hydrogens is 412 g/mol. The lowest BCUT2D eigenvalue weighted by Gasteiger charge is -2.49. The molecule has 1 aliphatic rings. The van der Waals surface area contributed by atoms with Crippen LogP contribution in [-0.4, -0.2) is 80.6 Å². The Balaban J connectivity index is 2.19. The molecular formula is C25H38O7. The van der Waals surface area contributed by atoms with Crippen LogP contribution in [0.1, 0.15) is 24.8 Å². The van der Waals surface area contributed by atoms with Crippen molar-refractivity contribution in [2.24, 2.45) is 0 Å². The van der Waals surface area contributed by atoms with Crippen LogP contribution in [0.25, 0.3) is 0 Å². The number of hydrogen-bond donors (Lipinski definition) is 2. The Bertz CT molecular complexity index is 712. The largest absolute Gasteiger partial charge is 0.386 e. The quantitative estimate of drug-likeness (QED) is 0.447. The van der Waals surface area contributed by atoms with Gasteiger partial charge >= 0.3 is 0 Å². The number of aliphatic hydroxyl groups is 2. The Labute approximate surface area is 191 Å². The van der Waals surface area contributed by atoms with Gasteiger partial charge in [-0.25, -0.2) is 0 Å². The van der Waals surface area contributed by atoms with Crippen molar-refractivity contribution in [1.82, 2.24) is 0 Å². The van der Waals surface area contributed by atoms with Gasteiger partial charge in [0.05, 0.1) is 5.60 Å². The first-order valence-electron chi connectivity index (χ1n) is 10.8. The molecule has 1 aromatic rings. The second-order valence-electron chi connectivity index (χ2n) is 8.25. The van der Waals surface area contributed by atoms with Crippen molar-refractivity contribution >= 4 is 0 Å². The number of rotatable bonds is 13. The summed E-state index contributed by atoms with van der Waals surface area (Å²) in [6.07, 6.45) is 1.17. The summed E-state index contributed by atoms with van der Waals surface area (Å²) in [5.41, 5.74) is -1.56. The Hall–Kier alpha value is -1.58. The van der Waals surface area contributed by atoms with Gasteiger partial charge < -0.3 is 33.9 Å². The van der Waals surface area contributed by atoms with E-state index in [2.05, 4.69) is 13.2 Å². The van der Waals surface area contributed by atoms with Gasteiger partial charge in [0, 0.05) is 28.4 Å². The normalized spacial score (nSPS) is 29.6. The van der Waals surface area contributed by atoms with Crippen molar-refractivity contribution in [1.29, 1.82) is 0 Å². The van der Waals surface area contributed by atoms with E-state index in [-0.39, 0.29) is 12.8 Å². The highest BCUT2D eigenvalue weighted by Crippen LogP contribution is 2.37. The van der Waals surface area contributed by atoms with Gasteiger partial charge in [-0.2, -0.15) is 0 Å². The van der Waals surface area contributed by atoms with Crippen molar-refractivity contribution in [2.45, 2.75) is 67.6 Å². The third-order valence-electron chi connectivity index (χ3n) is 6.42.